The standard InChI is InChI=1S/C15H21NO3/c1-9-5-11(3)13(6-10(9)2)8-16-14(17)7-12(4)15(18)19/h5-6,12H,7-8H2,1-4H3,(H,16,17)(H,18,19). The highest BCUT2D eigenvalue weighted by Crippen LogP contribution is 2.15. The number of hydrogen-bond donors (Lipinski definition) is 2. The zero-order chi connectivity index (χ0) is 14.6. The summed E-state index contributed by atoms with van der Waals surface area (Å²) in [4.78, 5) is 22.3. The van der Waals surface area contributed by atoms with Crippen LogP contribution in [0.2, 0.25) is 0 Å². The van der Waals surface area contributed by atoms with Gasteiger partial charge in [0.15, 0.2) is 0 Å². The fraction of sp³-hybridized carbons (Fsp3) is 0.467. The largest absolute Gasteiger partial charge is 0.481 e. The molecule has 1 atom stereocenters. The number of carboxylic acids is 1. The average Bonchev–Trinajstić information content (AvgIpc) is 2.32. The van der Waals surface area contributed by atoms with Gasteiger partial charge in [0.05, 0.1) is 5.92 Å². The second kappa shape index (κ2) is 6.36. The molecule has 4 nitrogen and oxygen atoms in total. The van der Waals surface area contributed by atoms with Gasteiger partial charge in [0, 0.05) is 13.0 Å². The van der Waals surface area contributed by atoms with Crippen LogP contribution in [0.5, 0.6) is 0 Å². The van der Waals surface area contributed by atoms with Gasteiger partial charge in [0.2, 0.25) is 5.91 Å². The number of nitrogens with one attached hydrogen (secondary N) is 1. The van der Waals surface area contributed by atoms with Gasteiger partial charge in [-0.2, -0.15) is 0 Å². The number of aliphatic carboxylic acids is 1. The van der Waals surface area contributed by atoms with E-state index in [4.69, 9.17) is 5.11 Å². The van der Waals surface area contributed by atoms with Crippen LogP contribution < -0.4 is 5.32 Å². The summed E-state index contributed by atoms with van der Waals surface area (Å²) in [6.07, 6.45) is 0.0131. The van der Waals surface area contributed by atoms with Crippen LogP contribution >= 0.6 is 0 Å². The highest BCUT2D eigenvalue weighted by Gasteiger charge is 2.15. The quantitative estimate of drug-likeness (QED) is 0.857. The molecule has 0 saturated carbocycles. The minimum Gasteiger partial charge on any atom is -0.481 e. The van der Waals surface area contributed by atoms with Gasteiger partial charge in [-0.3, -0.25) is 9.59 Å². The Morgan fingerprint density at radius 2 is 1.74 bits per heavy atom. The van der Waals surface area contributed by atoms with Gasteiger partial charge >= 0.3 is 5.97 Å². The van der Waals surface area contributed by atoms with Gasteiger partial charge in [-0.25, -0.2) is 0 Å². The summed E-state index contributed by atoms with van der Waals surface area (Å²) in [5.41, 5.74) is 4.62. The summed E-state index contributed by atoms with van der Waals surface area (Å²) in [5, 5.41) is 11.5. The van der Waals surface area contributed by atoms with Crippen molar-refractivity contribution in [2.45, 2.75) is 40.7 Å². The van der Waals surface area contributed by atoms with Crippen molar-refractivity contribution in [2.75, 3.05) is 0 Å². The maximum absolute atomic E-state index is 11.6. The molecule has 1 aromatic carbocycles. The number of rotatable bonds is 5. The van der Waals surface area contributed by atoms with Gasteiger partial charge in [-0.15, -0.1) is 0 Å². The fourth-order valence-corrected chi connectivity index (χ4v) is 1.84. The minimum atomic E-state index is -0.947. The first-order chi connectivity index (χ1) is 8.81. The molecule has 1 rings (SSSR count). The first kappa shape index (κ1) is 15.2. The number of benzene rings is 1. The lowest BCUT2D eigenvalue weighted by atomic mass is 10.0. The highest BCUT2D eigenvalue weighted by atomic mass is 16.4. The summed E-state index contributed by atoms with van der Waals surface area (Å²) in [6, 6.07) is 4.16. The van der Waals surface area contributed by atoms with E-state index in [1.165, 1.54) is 18.1 Å². The van der Waals surface area contributed by atoms with E-state index in [1.807, 2.05) is 13.8 Å². The summed E-state index contributed by atoms with van der Waals surface area (Å²) < 4.78 is 0. The van der Waals surface area contributed by atoms with Crippen LogP contribution in [-0.4, -0.2) is 17.0 Å². The van der Waals surface area contributed by atoms with E-state index in [-0.39, 0.29) is 12.3 Å². The van der Waals surface area contributed by atoms with Crippen molar-refractivity contribution >= 4 is 11.9 Å². The second-order valence-corrected chi connectivity index (χ2v) is 5.08. The van der Waals surface area contributed by atoms with Crippen LogP contribution in [-0.2, 0) is 16.1 Å². The molecule has 4 heteroatoms. The Kier molecular flexibility index (Phi) is 5.10. The average molecular weight is 263 g/mol. The summed E-state index contributed by atoms with van der Waals surface area (Å²) >= 11 is 0. The van der Waals surface area contributed by atoms with Gasteiger partial charge in [-0.1, -0.05) is 19.1 Å². The zero-order valence-electron chi connectivity index (χ0n) is 11.9. The van der Waals surface area contributed by atoms with Crippen molar-refractivity contribution < 1.29 is 14.7 Å². The molecule has 0 bridgehead atoms. The molecule has 0 aliphatic heterocycles. The predicted molar refractivity (Wildman–Crippen MR) is 73.9 cm³/mol. The normalized spacial score (nSPS) is 12.0. The third kappa shape index (κ3) is 4.39. The van der Waals surface area contributed by atoms with E-state index in [0.717, 1.165) is 11.1 Å². The van der Waals surface area contributed by atoms with E-state index < -0.39 is 11.9 Å². The highest BCUT2D eigenvalue weighted by molar-refractivity contribution is 5.81. The predicted octanol–water partition coefficient (Wildman–Crippen LogP) is 2.34. The van der Waals surface area contributed by atoms with Gasteiger partial charge < -0.3 is 10.4 Å². The zero-order valence-corrected chi connectivity index (χ0v) is 11.9. The molecule has 2 N–H and O–H groups in total. The number of hydrogen-bond acceptors (Lipinski definition) is 2. The molecule has 0 spiro atoms. The van der Waals surface area contributed by atoms with Crippen molar-refractivity contribution in [1.29, 1.82) is 0 Å². The third-order valence-corrected chi connectivity index (χ3v) is 3.34. The van der Waals surface area contributed by atoms with E-state index in [2.05, 4.69) is 24.4 Å². The Balaban J connectivity index is 2.60. The van der Waals surface area contributed by atoms with Crippen LogP contribution in [0.3, 0.4) is 0 Å². The molecule has 1 unspecified atom stereocenters. The molecule has 0 fully saturated rings. The lowest BCUT2D eigenvalue weighted by Gasteiger charge is -2.12. The first-order valence-corrected chi connectivity index (χ1v) is 6.37. The summed E-state index contributed by atoms with van der Waals surface area (Å²) in [7, 11) is 0. The molecule has 0 heterocycles. The topological polar surface area (TPSA) is 66.4 Å². The number of carboxylic acid groups (broad SMARTS) is 1. The fourth-order valence-electron chi connectivity index (χ4n) is 1.84. The Bertz CT molecular complexity index is 494. The first-order valence-electron chi connectivity index (χ1n) is 6.37. The molecule has 1 amide bonds. The van der Waals surface area contributed by atoms with E-state index in [0.29, 0.717) is 6.54 Å². The number of carbonyl (C=O) groups excluding carboxylic acids is 1. The molecular formula is C15H21NO3. The monoisotopic (exact) mass is 263 g/mol. The Hall–Kier alpha value is -1.84. The molecule has 0 aliphatic carbocycles. The second-order valence-electron chi connectivity index (χ2n) is 5.08. The number of aryl methyl sites for hydroxylation is 3. The molecule has 0 aliphatic rings. The Morgan fingerprint density at radius 3 is 2.32 bits per heavy atom. The van der Waals surface area contributed by atoms with Crippen molar-refractivity contribution in [1.82, 2.24) is 5.32 Å². The van der Waals surface area contributed by atoms with Crippen LogP contribution in [0.25, 0.3) is 0 Å². The lowest BCUT2D eigenvalue weighted by Crippen LogP contribution is -2.27. The Labute approximate surface area is 113 Å². The number of amides is 1. The van der Waals surface area contributed by atoms with Crippen LogP contribution in [0.15, 0.2) is 12.1 Å². The lowest BCUT2D eigenvalue weighted by molar-refractivity contribution is -0.143. The molecule has 19 heavy (non-hydrogen) atoms. The number of carbonyl (C=O) groups is 2. The third-order valence-electron chi connectivity index (χ3n) is 3.34. The SMILES string of the molecule is Cc1cc(C)c(CNC(=O)CC(C)C(=O)O)cc1C. The van der Waals surface area contributed by atoms with Crippen molar-refractivity contribution in [3.05, 3.63) is 34.4 Å². The minimum absolute atomic E-state index is 0.0131. The molecular weight excluding hydrogens is 242 g/mol. The van der Waals surface area contributed by atoms with Gasteiger partial charge in [-0.05, 0) is 43.0 Å². The molecule has 0 aromatic heterocycles. The van der Waals surface area contributed by atoms with Crippen LogP contribution in [0.4, 0.5) is 0 Å². The molecule has 104 valence electrons. The van der Waals surface area contributed by atoms with Crippen molar-refractivity contribution in [3.63, 3.8) is 0 Å². The van der Waals surface area contributed by atoms with Crippen molar-refractivity contribution in [3.8, 4) is 0 Å². The summed E-state index contributed by atoms with van der Waals surface area (Å²) in [6.45, 7) is 8.07. The molecule has 0 radical (unpaired) electrons. The van der Waals surface area contributed by atoms with E-state index >= 15 is 0 Å². The van der Waals surface area contributed by atoms with Crippen LogP contribution in [0, 0.1) is 26.7 Å². The van der Waals surface area contributed by atoms with Crippen LogP contribution in [0.1, 0.15) is 35.6 Å². The van der Waals surface area contributed by atoms with Gasteiger partial charge in [0.1, 0.15) is 0 Å². The van der Waals surface area contributed by atoms with Crippen molar-refractivity contribution in [2.24, 2.45) is 5.92 Å². The summed E-state index contributed by atoms with van der Waals surface area (Å²) in [5.74, 6) is -1.83. The molecule has 1 aromatic rings. The maximum Gasteiger partial charge on any atom is 0.306 e. The maximum atomic E-state index is 11.6. The smallest absolute Gasteiger partial charge is 0.306 e. The molecule has 0 saturated heterocycles. The van der Waals surface area contributed by atoms with E-state index in [1.54, 1.807) is 0 Å². The van der Waals surface area contributed by atoms with Gasteiger partial charge in [0.25, 0.3) is 0 Å². The Morgan fingerprint density at radius 1 is 1.16 bits per heavy atom. The van der Waals surface area contributed by atoms with E-state index in [9.17, 15) is 9.59 Å².